The van der Waals surface area contributed by atoms with Crippen molar-refractivity contribution in [1.82, 2.24) is 5.32 Å². The van der Waals surface area contributed by atoms with Crippen LogP contribution >= 0.6 is 0 Å². The zero-order chi connectivity index (χ0) is 9.73. The van der Waals surface area contributed by atoms with E-state index in [0.29, 0.717) is 19.6 Å². The topological polar surface area (TPSA) is 62.1 Å². The molecule has 0 aromatic heterocycles. The van der Waals surface area contributed by atoms with Crippen LogP contribution in [-0.4, -0.2) is 24.7 Å². The van der Waals surface area contributed by atoms with E-state index in [4.69, 9.17) is 10.00 Å². The molecule has 0 saturated heterocycles. The summed E-state index contributed by atoms with van der Waals surface area (Å²) in [6, 6.07) is 2.02. The molecule has 1 rings (SSSR count). The predicted molar refractivity (Wildman–Crippen MR) is 46.8 cm³/mol. The average molecular weight is 182 g/mol. The Balaban J connectivity index is 2.30. The van der Waals surface area contributed by atoms with Crippen LogP contribution in [-0.2, 0) is 9.53 Å². The maximum atomic E-state index is 11.4. The van der Waals surface area contributed by atoms with Crippen LogP contribution in [0.2, 0.25) is 0 Å². The largest absolute Gasteiger partial charge is 0.465 e. The minimum Gasteiger partial charge on any atom is -0.465 e. The van der Waals surface area contributed by atoms with Gasteiger partial charge in [0, 0.05) is 13.0 Å². The fraction of sp³-hybridized carbons (Fsp3) is 0.778. The molecule has 0 unspecified atom stereocenters. The Morgan fingerprint density at radius 3 is 2.85 bits per heavy atom. The lowest BCUT2D eigenvalue weighted by Crippen LogP contribution is -2.40. The normalized spacial score (nSPS) is 17.5. The number of nitriles is 1. The molecule has 0 atom stereocenters. The van der Waals surface area contributed by atoms with E-state index in [1.807, 2.05) is 6.07 Å². The minimum atomic E-state index is -0.452. The van der Waals surface area contributed by atoms with Crippen LogP contribution in [0.15, 0.2) is 0 Å². The minimum absolute atomic E-state index is 0.173. The van der Waals surface area contributed by atoms with Crippen LogP contribution in [0.3, 0.4) is 0 Å². The molecule has 1 N–H and O–H groups in total. The Morgan fingerprint density at radius 1 is 1.69 bits per heavy atom. The Hall–Kier alpha value is -1.08. The molecule has 72 valence electrons. The number of carbonyl (C=O) groups is 1. The van der Waals surface area contributed by atoms with Gasteiger partial charge in [-0.1, -0.05) is 0 Å². The predicted octanol–water partition coefficient (Wildman–Crippen LogP) is 0.585. The standard InChI is InChI=1S/C9H14N2O2/c1-2-13-8(12)9(4-5-9)11-7-3-6-10/h11H,2-5,7H2,1H3. The number of hydrogen-bond acceptors (Lipinski definition) is 4. The van der Waals surface area contributed by atoms with E-state index >= 15 is 0 Å². The molecule has 4 heteroatoms. The van der Waals surface area contributed by atoms with Crippen LogP contribution in [0.25, 0.3) is 0 Å². The van der Waals surface area contributed by atoms with Crippen LogP contribution in [0.4, 0.5) is 0 Å². The molecule has 13 heavy (non-hydrogen) atoms. The molecule has 1 aliphatic carbocycles. The molecule has 0 aromatic rings. The van der Waals surface area contributed by atoms with Crippen molar-refractivity contribution in [3.63, 3.8) is 0 Å². The van der Waals surface area contributed by atoms with Crippen LogP contribution in [0.1, 0.15) is 26.2 Å². The Kier molecular flexibility index (Phi) is 3.26. The molecule has 4 nitrogen and oxygen atoms in total. The van der Waals surface area contributed by atoms with Crippen molar-refractivity contribution in [2.24, 2.45) is 0 Å². The lowest BCUT2D eigenvalue weighted by Gasteiger charge is -2.14. The number of nitrogens with one attached hydrogen (secondary N) is 1. The summed E-state index contributed by atoms with van der Waals surface area (Å²) in [6.07, 6.45) is 2.09. The summed E-state index contributed by atoms with van der Waals surface area (Å²) >= 11 is 0. The summed E-state index contributed by atoms with van der Waals surface area (Å²) in [7, 11) is 0. The molecule has 1 fully saturated rings. The SMILES string of the molecule is CCOC(=O)C1(NCCC#N)CC1. The molecule has 0 bridgehead atoms. The van der Waals surface area contributed by atoms with Crippen LogP contribution in [0, 0.1) is 11.3 Å². The molecule has 0 amide bonds. The average Bonchev–Trinajstić information content (AvgIpc) is 2.87. The number of esters is 1. The van der Waals surface area contributed by atoms with Gasteiger partial charge in [0.05, 0.1) is 12.7 Å². The summed E-state index contributed by atoms with van der Waals surface area (Å²) in [5.41, 5.74) is -0.452. The van der Waals surface area contributed by atoms with E-state index in [9.17, 15) is 4.79 Å². The van der Waals surface area contributed by atoms with Crippen molar-refractivity contribution >= 4 is 5.97 Å². The van der Waals surface area contributed by atoms with Crippen molar-refractivity contribution in [2.75, 3.05) is 13.2 Å². The quantitative estimate of drug-likeness (QED) is 0.499. The van der Waals surface area contributed by atoms with E-state index in [1.165, 1.54) is 0 Å². The highest BCUT2D eigenvalue weighted by Gasteiger charge is 2.50. The van der Waals surface area contributed by atoms with Crippen molar-refractivity contribution in [3.05, 3.63) is 0 Å². The second-order valence-electron chi connectivity index (χ2n) is 3.14. The summed E-state index contributed by atoms with van der Waals surface area (Å²) in [5.74, 6) is -0.173. The van der Waals surface area contributed by atoms with Crippen molar-refractivity contribution < 1.29 is 9.53 Å². The highest BCUT2D eigenvalue weighted by Crippen LogP contribution is 2.36. The summed E-state index contributed by atoms with van der Waals surface area (Å²) in [5, 5.41) is 11.4. The van der Waals surface area contributed by atoms with E-state index in [0.717, 1.165) is 12.8 Å². The number of rotatable bonds is 5. The zero-order valence-electron chi connectivity index (χ0n) is 7.80. The lowest BCUT2D eigenvalue weighted by atomic mass is 10.2. The molecule has 1 saturated carbocycles. The first-order valence-corrected chi connectivity index (χ1v) is 4.54. The Bertz CT molecular complexity index is 228. The molecule has 0 aromatic carbocycles. The lowest BCUT2D eigenvalue weighted by molar-refractivity contribution is -0.146. The second-order valence-corrected chi connectivity index (χ2v) is 3.14. The van der Waals surface area contributed by atoms with E-state index in [-0.39, 0.29) is 5.97 Å². The first kappa shape index (κ1) is 10.0. The van der Waals surface area contributed by atoms with Gasteiger partial charge >= 0.3 is 5.97 Å². The van der Waals surface area contributed by atoms with Gasteiger partial charge in [0.2, 0.25) is 0 Å². The molecule has 0 spiro atoms. The number of ether oxygens (including phenoxy) is 1. The first-order chi connectivity index (χ1) is 6.25. The zero-order valence-corrected chi connectivity index (χ0v) is 7.80. The fourth-order valence-corrected chi connectivity index (χ4v) is 1.20. The first-order valence-electron chi connectivity index (χ1n) is 4.54. The number of nitrogens with zero attached hydrogens (tertiary/aromatic N) is 1. The summed E-state index contributed by atoms with van der Waals surface area (Å²) in [6.45, 7) is 2.78. The van der Waals surface area contributed by atoms with E-state index in [2.05, 4.69) is 5.32 Å². The Labute approximate surface area is 77.9 Å². The maximum Gasteiger partial charge on any atom is 0.326 e. The van der Waals surface area contributed by atoms with Gasteiger partial charge in [0.15, 0.2) is 0 Å². The van der Waals surface area contributed by atoms with Crippen molar-refractivity contribution in [2.45, 2.75) is 31.7 Å². The maximum absolute atomic E-state index is 11.4. The summed E-state index contributed by atoms with van der Waals surface area (Å²) in [4.78, 5) is 11.4. The van der Waals surface area contributed by atoms with Crippen molar-refractivity contribution in [3.8, 4) is 6.07 Å². The van der Waals surface area contributed by atoms with Crippen LogP contribution < -0.4 is 5.32 Å². The van der Waals surface area contributed by atoms with Crippen molar-refractivity contribution in [1.29, 1.82) is 5.26 Å². The highest BCUT2D eigenvalue weighted by molar-refractivity contribution is 5.84. The molecule has 0 radical (unpaired) electrons. The van der Waals surface area contributed by atoms with E-state index < -0.39 is 5.54 Å². The van der Waals surface area contributed by atoms with Gasteiger partial charge in [0.1, 0.15) is 5.54 Å². The smallest absolute Gasteiger partial charge is 0.326 e. The van der Waals surface area contributed by atoms with Gasteiger partial charge in [0.25, 0.3) is 0 Å². The molecule has 0 heterocycles. The van der Waals surface area contributed by atoms with Crippen LogP contribution in [0.5, 0.6) is 0 Å². The fourth-order valence-electron chi connectivity index (χ4n) is 1.20. The third-order valence-corrected chi connectivity index (χ3v) is 2.12. The third-order valence-electron chi connectivity index (χ3n) is 2.12. The van der Waals surface area contributed by atoms with Gasteiger partial charge in [-0.25, -0.2) is 0 Å². The highest BCUT2D eigenvalue weighted by atomic mass is 16.5. The number of carbonyl (C=O) groups excluding carboxylic acids is 1. The monoisotopic (exact) mass is 182 g/mol. The molecular formula is C9H14N2O2. The molecular weight excluding hydrogens is 168 g/mol. The second kappa shape index (κ2) is 4.24. The molecule has 0 aliphatic heterocycles. The van der Waals surface area contributed by atoms with Gasteiger partial charge in [-0.2, -0.15) is 5.26 Å². The third kappa shape index (κ3) is 2.43. The van der Waals surface area contributed by atoms with Gasteiger partial charge < -0.3 is 10.1 Å². The van der Waals surface area contributed by atoms with Gasteiger partial charge in [-0.05, 0) is 19.8 Å². The van der Waals surface area contributed by atoms with Gasteiger partial charge in [-0.15, -0.1) is 0 Å². The summed E-state index contributed by atoms with van der Waals surface area (Å²) < 4.78 is 4.92. The van der Waals surface area contributed by atoms with Gasteiger partial charge in [-0.3, -0.25) is 4.79 Å². The number of hydrogen-bond donors (Lipinski definition) is 1. The molecule has 1 aliphatic rings. The Morgan fingerprint density at radius 2 is 2.38 bits per heavy atom. The van der Waals surface area contributed by atoms with E-state index in [1.54, 1.807) is 6.92 Å².